The van der Waals surface area contributed by atoms with E-state index < -0.39 is 0 Å². The van der Waals surface area contributed by atoms with Crippen molar-refractivity contribution in [1.82, 2.24) is 5.32 Å². The van der Waals surface area contributed by atoms with Crippen LogP contribution in [-0.4, -0.2) is 5.91 Å². The first-order valence-electron chi connectivity index (χ1n) is 8.28. The van der Waals surface area contributed by atoms with Crippen molar-refractivity contribution in [3.63, 3.8) is 0 Å². The average Bonchev–Trinajstić information content (AvgIpc) is 2.63. The van der Waals surface area contributed by atoms with E-state index in [1.807, 2.05) is 60.7 Å². The molecule has 0 bridgehead atoms. The van der Waals surface area contributed by atoms with Gasteiger partial charge in [-0.1, -0.05) is 84.4 Å². The third-order valence-corrected chi connectivity index (χ3v) is 4.62. The van der Waals surface area contributed by atoms with Crippen LogP contribution in [0.5, 0.6) is 0 Å². The largest absolute Gasteiger partial charge is 0.345 e. The minimum absolute atomic E-state index is 0.0507. The molecule has 0 aromatic heterocycles. The molecule has 0 saturated carbocycles. The minimum Gasteiger partial charge on any atom is -0.345 e. The summed E-state index contributed by atoms with van der Waals surface area (Å²) in [7, 11) is 0. The van der Waals surface area contributed by atoms with E-state index in [4.69, 9.17) is 11.6 Å². The summed E-state index contributed by atoms with van der Waals surface area (Å²) in [6.45, 7) is 2.06. The molecule has 0 spiro atoms. The molecule has 3 aromatic carbocycles. The number of carbonyl (C=O) groups excluding carboxylic acids is 1. The van der Waals surface area contributed by atoms with E-state index >= 15 is 0 Å². The van der Waals surface area contributed by atoms with Crippen molar-refractivity contribution in [2.24, 2.45) is 0 Å². The number of amides is 1. The number of rotatable bonds is 5. The number of halogens is 1. The molecule has 1 amide bonds. The molecular weight excluding hydrogens is 330 g/mol. The Bertz CT molecular complexity index is 861. The number of aryl methyl sites for hydroxylation is 1. The summed E-state index contributed by atoms with van der Waals surface area (Å²) in [5, 5.41) is 3.78. The molecule has 0 aliphatic carbocycles. The maximum Gasteiger partial charge on any atom is 0.225 e. The Hall–Kier alpha value is -2.58. The van der Waals surface area contributed by atoms with Gasteiger partial charge in [-0.2, -0.15) is 0 Å². The molecule has 25 heavy (non-hydrogen) atoms. The van der Waals surface area contributed by atoms with Gasteiger partial charge in [0.15, 0.2) is 0 Å². The molecule has 0 aliphatic heterocycles. The van der Waals surface area contributed by atoms with Crippen LogP contribution in [0.15, 0.2) is 78.9 Å². The number of hydrogen-bond acceptors (Lipinski definition) is 1. The normalized spacial score (nSPS) is 11.8. The van der Waals surface area contributed by atoms with Crippen LogP contribution in [0.1, 0.15) is 28.3 Å². The lowest BCUT2D eigenvalue weighted by molar-refractivity contribution is -0.120. The van der Waals surface area contributed by atoms with Gasteiger partial charge in [0.2, 0.25) is 5.91 Å². The first-order valence-corrected chi connectivity index (χ1v) is 8.66. The van der Waals surface area contributed by atoms with Crippen LogP contribution < -0.4 is 5.32 Å². The summed E-state index contributed by atoms with van der Waals surface area (Å²) in [4.78, 5) is 12.7. The number of benzene rings is 3. The fourth-order valence-corrected chi connectivity index (χ4v) is 3.13. The van der Waals surface area contributed by atoms with Crippen LogP contribution in [0.3, 0.4) is 0 Å². The summed E-state index contributed by atoms with van der Waals surface area (Å²) in [5.41, 5.74) is 4.14. The molecule has 2 nitrogen and oxygen atoms in total. The predicted octanol–water partition coefficient (Wildman–Crippen LogP) is 5.10. The molecule has 1 atom stereocenters. The predicted molar refractivity (Wildman–Crippen MR) is 103 cm³/mol. The highest BCUT2D eigenvalue weighted by atomic mass is 35.5. The maximum atomic E-state index is 12.7. The van der Waals surface area contributed by atoms with Crippen molar-refractivity contribution in [3.05, 3.63) is 106 Å². The molecular formula is C22H20ClNO. The molecule has 3 rings (SSSR count). The Morgan fingerprint density at radius 3 is 2.28 bits per heavy atom. The van der Waals surface area contributed by atoms with Crippen LogP contribution in [0.2, 0.25) is 5.02 Å². The standard InChI is InChI=1S/C22H20ClNO/c1-16-9-5-7-13-19(16)22(17-10-3-2-4-11-17)24-21(25)15-18-12-6-8-14-20(18)23/h2-14,22H,15H2,1H3,(H,24,25). The topological polar surface area (TPSA) is 29.1 Å². The Kier molecular flexibility index (Phi) is 5.52. The van der Waals surface area contributed by atoms with Gasteiger partial charge < -0.3 is 5.32 Å². The van der Waals surface area contributed by atoms with E-state index in [0.29, 0.717) is 5.02 Å². The lowest BCUT2D eigenvalue weighted by Crippen LogP contribution is -2.31. The fraction of sp³-hybridized carbons (Fsp3) is 0.136. The highest BCUT2D eigenvalue weighted by Gasteiger charge is 2.18. The SMILES string of the molecule is Cc1ccccc1C(NC(=O)Cc1ccccc1Cl)c1ccccc1. The van der Waals surface area contributed by atoms with Gasteiger partial charge in [-0.05, 0) is 35.2 Å². The third kappa shape index (κ3) is 4.28. The number of carbonyl (C=O) groups is 1. The van der Waals surface area contributed by atoms with Crippen LogP contribution in [-0.2, 0) is 11.2 Å². The zero-order valence-electron chi connectivity index (χ0n) is 14.1. The fourth-order valence-electron chi connectivity index (χ4n) is 2.92. The van der Waals surface area contributed by atoms with Crippen molar-refractivity contribution in [1.29, 1.82) is 0 Å². The second-order valence-electron chi connectivity index (χ2n) is 6.04. The quantitative estimate of drug-likeness (QED) is 0.682. The van der Waals surface area contributed by atoms with Crippen LogP contribution >= 0.6 is 11.6 Å². The van der Waals surface area contributed by atoms with Gasteiger partial charge in [0, 0.05) is 5.02 Å². The zero-order valence-corrected chi connectivity index (χ0v) is 14.8. The van der Waals surface area contributed by atoms with E-state index in [9.17, 15) is 4.79 Å². The lowest BCUT2D eigenvalue weighted by Gasteiger charge is -2.22. The van der Waals surface area contributed by atoms with Gasteiger partial charge in [-0.15, -0.1) is 0 Å². The molecule has 3 aromatic rings. The Labute approximate surface area is 153 Å². The van der Waals surface area contributed by atoms with E-state index in [1.54, 1.807) is 6.07 Å². The smallest absolute Gasteiger partial charge is 0.225 e. The molecule has 0 aliphatic rings. The van der Waals surface area contributed by atoms with Crippen molar-refractivity contribution in [2.45, 2.75) is 19.4 Å². The van der Waals surface area contributed by atoms with E-state index in [0.717, 1.165) is 22.3 Å². The summed E-state index contributed by atoms with van der Waals surface area (Å²) in [5.74, 6) is -0.0507. The average molecular weight is 350 g/mol. The summed E-state index contributed by atoms with van der Waals surface area (Å²) in [6.07, 6.45) is 0.259. The minimum atomic E-state index is -0.183. The molecule has 0 heterocycles. The highest BCUT2D eigenvalue weighted by molar-refractivity contribution is 6.31. The molecule has 0 saturated heterocycles. The summed E-state index contributed by atoms with van der Waals surface area (Å²) >= 11 is 6.18. The van der Waals surface area contributed by atoms with Crippen molar-refractivity contribution < 1.29 is 4.79 Å². The first-order chi connectivity index (χ1) is 12.1. The molecule has 0 fully saturated rings. The summed E-state index contributed by atoms with van der Waals surface area (Å²) in [6, 6.07) is 25.4. The molecule has 3 heteroatoms. The Balaban J connectivity index is 1.87. The van der Waals surface area contributed by atoms with E-state index in [1.165, 1.54) is 0 Å². The second kappa shape index (κ2) is 8.00. The molecule has 126 valence electrons. The third-order valence-electron chi connectivity index (χ3n) is 4.25. The van der Waals surface area contributed by atoms with E-state index in [2.05, 4.69) is 24.4 Å². The van der Waals surface area contributed by atoms with Crippen molar-refractivity contribution >= 4 is 17.5 Å². The lowest BCUT2D eigenvalue weighted by atomic mass is 9.94. The maximum absolute atomic E-state index is 12.7. The van der Waals surface area contributed by atoms with Crippen LogP contribution in [0.4, 0.5) is 0 Å². The van der Waals surface area contributed by atoms with Crippen LogP contribution in [0, 0.1) is 6.92 Å². The van der Waals surface area contributed by atoms with E-state index in [-0.39, 0.29) is 18.4 Å². The van der Waals surface area contributed by atoms with Gasteiger partial charge in [-0.3, -0.25) is 4.79 Å². The molecule has 1 N–H and O–H groups in total. The van der Waals surface area contributed by atoms with Gasteiger partial charge >= 0.3 is 0 Å². The van der Waals surface area contributed by atoms with Gasteiger partial charge in [0.1, 0.15) is 0 Å². The highest BCUT2D eigenvalue weighted by Crippen LogP contribution is 2.25. The summed E-state index contributed by atoms with van der Waals surface area (Å²) < 4.78 is 0. The van der Waals surface area contributed by atoms with Crippen LogP contribution in [0.25, 0.3) is 0 Å². The zero-order chi connectivity index (χ0) is 17.6. The van der Waals surface area contributed by atoms with Gasteiger partial charge in [0.05, 0.1) is 12.5 Å². The molecule has 0 radical (unpaired) electrons. The van der Waals surface area contributed by atoms with Gasteiger partial charge in [-0.25, -0.2) is 0 Å². The first kappa shape index (κ1) is 17.2. The number of hydrogen-bond donors (Lipinski definition) is 1. The Morgan fingerprint density at radius 1 is 0.920 bits per heavy atom. The second-order valence-corrected chi connectivity index (χ2v) is 6.44. The number of nitrogens with one attached hydrogen (secondary N) is 1. The van der Waals surface area contributed by atoms with Crippen molar-refractivity contribution in [3.8, 4) is 0 Å². The monoisotopic (exact) mass is 349 g/mol. The van der Waals surface area contributed by atoms with Crippen molar-refractivity contribution in [2.75, 3.05) is 0 Å². The Morgan fingerprint density at radius 2 is 1.56 bits per heavy atom. The van der Waals surface area contributed by atoms with Gasteiger partial charge in [0.25, 0.3) is 0 Å². The molecule has 1 unspecified atom stereocenters.